The average Bonchev–Trinajstić information content (AvgIpc) is 2.80. The summed E-state index contributed by atoms with van der Waals surface area (Å²) in [7, 11) is 2.01. The lowest BCUT2D eigenvalue weighted by molar-refractivity contribution is 0.315. The van der Waals surface area contributed by atoms with Gasteiger partial charge in [-0.15, -0.1) is 0 Å². The highest BCUT2D eigenvalue weighted by Crippen LogP contribution is 2.33. The topological polar surface area (TPSA) is 25.2 Å². The smallest absolute Gasteiger partial charge is 0.148 e. The van der Waals surface area contributed by atoms with Crippen molar-refractivity contribution < 1.29 is 4.42 Å². The van der Waals surface area contributed by atoms with Crippen LogP contribution >= 0.6 is 15.9 Å². The van der Waals surface area contributed by atoms with Crippen LogP contribution in [0.5, 0.6) is 0 Å². The van der Waals surface area contributed by atoms with E-state index in [1.165, 1.54) is 0 Å². The van der Waals surface area contributed by atoms with Crippen molar-refractivity contribution in [1.29, 1.82) is 0 Å². The Morgan fingerprint density at radius 1 is 1.28 bits per heavy atom. The maximum Gasteiger partial charge on any atom is 0.148 e. The molecular weight excluding hydrogens is 290 g/mol. The van der Waals surface area contributed by atoms with Gasteiger partial charge in [0.1, 0.15) is 11.3 Å². The molecule has 98 valence electrons. The van der Waals surface area contributed by atoms with Crippen LogP contribution in [0.2, 0.25) is 0 Å². The third-order valence-electron chi connectivity index (χ3n) is 3.65. The zero-order valence-corrected chi connectivity index (χ0v) is 12.8. The fourth-order valence-electron chi connectivity index (χ4n) is 2.57. The molecule has 0 aliphatic carbocycles. The molecule has 2 nitrogen and oxygen atoms in total. The van der Waals surface area contributed by atoms with E-state index in [1.54, 1.807) is 0 Å². The van der Waals surface area contributed by atoms with E-state index in [0.717, 1.165) is 34.0 Å². The summed E-state index contributed by atoms with van der Waals surface area (Å²) in [5.41, 5.74) is 0.943. The number of halogens is 1. The Kier molecular flexibility index (Phi) is 4.46. The molecule has 2 rings (SSSR count). The molecule has 0 saturated heterocycles. The molecule has 1 atom stereocenters. The molecule has 2 aromatic rings. The van der Waals surface area contributed by atoms with E-state index in [-0.39, 0.29) is 0 Å². The zero-order chi connectivity index (χ0) is 13.1. The summed E-state index contributed by atoms with van der Waals surface area (Å²) in [4.78, 5) is 0. The molecule has 0 amide bonds. The molecule has 1 unspecified atom stereocenters. The van der Waals surface area contributed by atoms with Crippen molar-refractivity contribution >= 4 is 26.9 Å². The van der Waals surface area contributed by atoms with Crippen molar-refractivity contribution in [2.24, 2.45) is 5.92 Å². The van der Waals surface area contributed by atoms with Gasteiger partial charge in [0.05, 0.1) is 10.5 Å². The first kappa shape index (κ1) is 13.6. The van der Waals surface area contributed by atoms with Crippen molar-refractivity contribution in [3.8, 4) is 0 Å². The molecule has 0 spiro atoms. The van der Waals surface area contributed by atoms with Crippen LogP contribution in [0.25, 0.3) is 11.0 Å². The highest BCUT2D eigenvalue weighted by atomic mass is 79.9. The Morgan fingerprint density at radius 3 is 2.56 bits per heavy atom. The molecule has 0 bridgehead atoms. The van der Waals surface area contributed by atoms with Crippen LogP contribution in [0, 0.1) is 5.92 Å². The summed E-state index contributed by atoms with van der Waals surface area (Å²) in [5, 5.41) is 4.55. The van der Waals surface area contributed by atoms with Gasteiger partial charge in [-0.05, 0) is 41.0 Å². The van der Waals surface area contributed by atoms with Gasteiger partial charge in [-0.3, -0.25) is 0 Å². The second-order valence-corrected chi connectivity index (χ2v) is 5.50. The Hall–Kier alpha value is -0.800. The largest absolute Gasteiger partial charge is 0.458 e. The van der Waals surface area contributed by atoms with Crippen molar-refractivity contribution in [3.63, 3.8) is 0 Å². The Morgan fingerprint density at radius 2 is 2.00 bits per heavy atom. The summed E-state index contributed by atoms with van der Waals surface area (Å²) in [6, 6.07) is 8.59. The molecular formula is C15H20BrNO. The van der Waals surface area contributed by atoms with Crippen LogP contribution < -0.4 is 5.32 Å². The number of benzene rings is 1. The van der Waals surface area contributed by atoms with E-state index >= 15 is 0 Å². The lowest BCUT2D eigenvalue weighted by Crippen LogP contribution is -2.24. The van der Waals surface area contributed by atoms with E-state index in [1.807, 2.05) is 19.2 Å². The molecule has 1 aromatic carbocycles. The summed E-state index contributed by atoms with van der Waals surface area (Å²) in [5.74, 6) is 1.64. The highest BCUT2D eigenvalue weighted by molar-refractivity contribution is 9.10. The van der Waals surface area contributed by atoms with Crippen LogP contribution in [0.15, 0.2) is 33.2 Å². The SMILES string of the molecule is CCC(CC)C(NC)c1cc2cccc(Br)c2o1. The van der Waals surface area contributed by atoms with Crippen LogP contribution in [0.1, 0.15) is 38.5 Å². The first-order valence-corrected chi connectivity index (χ1v) is 7.35. The summed E-state index contributed by atoms with van der Waals surface area (Å²) >= 11 is 3.54. The van der Waals surface area contributed by atoms with E-state index in [0.29, 0.717) is 12.0 Å². The summed E-state index contributed by atoms with van der Waals surface area (Å²) in [6.45, 7) is 4.47. The van der Waals surface area contributed by atoms with Crippen molar-refractivity contribution in [3.05, 3.63) is 34.5 Å². The van der Waals surface area contributed by atoms with E-state index in [2.05, 4.69) is 47.2 Å². The second kappa shape index (κ2) is 5.89. The predicted octanol–water partition coefficient (Wildman–Crippen LogP) is 4.89. The number of para-hydroxylation sites is 1. The molecule has 1 heterocycles. The van der Waals surface area contributed by atoms with Gasteiger partial charge < -0.3 is 9.73 Å². The Bertz CT molecular complexity index is 516. The predicted molar refractivity (Wildman–Crippen MR) is 79.8 cm³/mol. The fourth-order valence-corrected chi connectivity index (χ4v) is 3.03. The number of rotatable bonds is 5. The first-order chi connectivity index (χ1) is 8.71. The Labute approximate surface area is 117 Å². The zero-order valence-electron chi connectivity index (χ0n) is 11.2. The quantitative estimate of drug-likeness (QED) is 0.850. The summed E-state index contributed by atoms with van der Waals surface area (Å²) in [6.07, 6.45) is 2.31. The fraction of sp³-hybridized carbons (Fsp3) is 0.467. The standard InChI is InChI=1S/C15H20BrNO/c1-4-10(5-2)14(17-3)13-9-11-7-6-8-12(16)15(11)18-13/h6-10,14,17H,4-5H2,1-3H3. The number of hydrogen-bond acceptors (Lipinski definition) is 2. The molecule has 0 aliphatic heterocycles. The highest BCUT2D eigenvalue weighted by Gasteiger charge is 2.22. The molecule has 3 heteroatoms. The van der Waals surface area contributed by atoms with Gasteiger partial charge >= 0.3 is 0 Å². The third kappa shape index (κ3) is 2.47. The van der Waals surface area contributed by atoms with E-state index < -0.39 is 0 Å². The van der Waals surface area contributed by atoms with Gasteiger partial charge in [-0.25, -0.2) is 0 Å². The molecule has 1 N–H and O–H groups in total. The van der Waals surface area contributed by atoms with Gasteiger partial charge in [-0.1, -0.05) is 38.8 Å². The number of hydrogen-bond donors (Lipinski definition) is 1. The minimum Gasteiger partial charge on any atom is -0.458 e. The summed E-state index contributed by atoms with van der Waals surface area (Å²) < 4.78 is 7.05. The first-order valence-electron chi connectivity index (χ1n) is 6.56. The Balaban J connectivity index is 2.42. The molecule has 0 radical (unpaired) electrons. The normalized spacial score (nSPS) is 13.4. The van der Waals surface area contributed by atoms with Gasteiger partial charge in [0.15, 0.2) is 0 Å². The average molecular weight is 310 g/mol. The van der Waals surface area contributed by atoms with E-state index in [4.69, 9.17) is 4.42 Å². The maximum absolute atomic E-state index is 6.03. The number of nitrogens with one attached hydrogen (secondary N) is 1. The maximum atomic E-state index is 6.03. The van der Waals surface area contributed by atoms with Crippen LogP contribution in [-0.2, 0) is 0 Å². The molecule has 0 fully saturated rings. The molecule has 18 heavy (non-hydrogen) atoms. The lowest BCUT2D eigenvalue weighted by Gasteiger charge is -2.22. The van der Waals surface area contributed by atoms with E-state index in [9.17, 15) is 0 Å². The number of furan rings is 1. The van der Waals surface area contributed by atoms with Crippen LogP contribution in [0.3, 0.4) is 0 Å². The second-order valence-electron chi connectivity index (χ2n) is 4.65. The van der Waals surface area contributed by atoms with Gasteiger partial charge in [-0.2, -0.15) is 0 Å². The van der Waals surface area contributed by atoms with Gasteiger partial charge in [0, 0.05) is 5.39 Å². The van der Waals surface area contributed by atoms with Gasteiger partial charge in [0.25, 0.3) is 0 Å². The molecule has 0 saturated carbocycles. The van der Waals surface area contributed by atoms with Crippen molar-refractivity contribution in [1.82, 2.24) is 5.32 Å². The monoisotopic (exact) mass is 309 g/mol. The van der Waals surface area contributed by atoms with Crippen molar-refractivity contribution in [2.75, 3.05) is 7.05 Å². The van der Waals surface area contributed by atoms with Crippen molar-refractivity contribution in [2.45, 2.75) is 32.7 Å². The van der Waals surface area contributed by atoms with Crippen LogP contribution in [0.4, 0.5) is 0 Å². The minimum atomic E-state index is 0.291. The molecule has 1 aromatic heterocycles. The number of fused-ring (bicyclic) bond motifs is 1. The van der Waals surface area contributed by atoms with Crippen LogP contribution in [-0.4, -0.2) is 7.05 Å². The van der Waals surface area contributed by atoms with Gasteiger partial charge in [0.2, 0.25) is 0 Å². The molecule has 0 aliphatic rings. The minimum absolute atomic E-state index is 0.291. The lowest BCUT2D eigenvalue weighted by atomic mass is 9.92. The third-order valence-corrected chi connectivity index (χ3v) is 4.28.